The first kappa shape index (κ1) is 16.9. The monoisotopic (exact) mass is 392 g/mol. The maximum atomic E-state index is 13.8. The van der Waals surface area contributed by atoms with Gasteiger partial charge in [0.2, 0.25) is 17.4 Å². The van der Waals surface area contributed by atoms with Crippen LogP contribution < -0.4 is 15.1 Å². The summed E-state index contributed by atoms with van der Waals surface area (Å²) >= 11 is 0. The number of quaternary nitrogens is 1. The van der Waals surface area contributed by atoms with Crippen LogP contribution >= 0.6 is 0 Å². The van der Waals surface area contributed by atoms with Crippen LogP contribution in [0.25, 0.3) is 0 Å². The summed E-state index contributed by atoms with van der Waals surface area (Å²) in [5, 5.41) is 2.95. The van der Waals surface area contributed by atoms with Gasteiger partial charge in [-0.1, -0.05) is 24.3 Å². The van der Waals surface area contributed by atoms with Gasteiger partial charge in [0, 0.05) is 18.4 Å². The van der Waals surface area contributed by atoms with E-state index in [9.17, 15) is 18.8 Å². The number of hydrogen-bond donors (Lipinski definition) is 2. The van der Waals surface area contributed by atoms with Gasteiger partial charge in [-0.25, -0.2) is 9.29 Å². The van der Waals surface area contributed by atoms with Crippen molar-refractivity contribution in [3.05, 3.63) is 59.9 Å². The number of nitrogens with one attached hydrogen (secondary N) is 2. The molecule has 6 rings (SSSR count). The Hall–Kier alpha value is -3.06. The Morgan fingerprint density at radius 2 is 1.90 bits per heavy atom. The number of para-hydroxylation sites is 1. The van der Waals surface area contributed by atoms with Crippen molar-refractivity contribution in [3.8, 4) is 0 Å². The number of hydrogen-bond acceptors (Lipinski definition) is 3. The first-order chi connectivity index (χ1) is 14.0. The molecule has 4 aliphatic rings. The highest BCUT2D eigenvalue weighted by Crippen LogP contribution is 2.52. The Morgan fingerprint density at radius 1 is 1.07 bits per heavy atom. The SMILES string of the molecule is O=C1[C@H]2[C@@H](C(=O)N1c1cccc(F)c1)[C@]1(C(=O)Nc3ccccc31)[NH+]1CCC[C@@H]21. The number of rotatable bonds is 1. The number of benzene rings is 2. The average molecular weight is 392 g/mol. The molecule has 3 fully saturated rings. The van der Waals surface area contributed by atoms with Gasteiger partial charge < -0.3 is 10.2 Å². The fraction of sp³-hybridized carbons (Fsp3) is 0.318. The lowest BCUT2D eigenvalue weighted by Gasteiger charge is -2.33. The highest BCUT2D eigenvalue weighted by atomic mass is 19.1. The van der Waals surface area contributed by atoms with Crippen molar-refractivity contribution in [2.24, 2.45) is 11.8 Å². The van der Waals surface area contributed by atoms with Crippen molar-refractivity contribution in [2.45, 2.75) is 24.4 Å². The largest absolute Gasteiger partial charge is 0.320 e. The number of carbonyl (C=O) groups is 3. The Bertz CT molecular complexity index is 1100. The van der Waals surface area contributed by atoms with Crippen LogP contribution in [0.2, 0.25) is 0 Å². The van der Waals surface area contributed by atoms with Gasteiger partial charge in [-0.2, -0.15) is 0 Å². The van der Waals surface area contributed by atoms with E-state index in [0.29, 0.717) is 5.69 Å². The first-order valence-corrected chi connectivity index (χ1v) is 9.95. The standard InChI is InChI=1S/C22H18FN3O3/c23-12-5-3-6-13(11-12)26-19(27)17-16-9-4-10-25(16)22(18(17)20(26)28)14-7-1-2-8-15(14)24-21(22)29/h1-3,5-8,11,16-18H,4,9-10H2,(H,24,29)/p+1/t16-,17+,18-,22+/m0/s1. The second-order valence-corrected chi connectivity index (χ2v) is 8.33. The Balaban J connectivity index is 1.56. The fourth-order valence-corrected chi connectivity index (χ4v) is 6.29. The van der Waals surface area contributed by atoms with Gasteiger partial charge >= 0.3 is 0 Å². The number of nitrogens with zero attached hydrogens (tertiary/aromatic N) is 1. The second-order valence-electron chi connectivity index (χ2n) is 8.33. The summed E-state index contributed by atoms with van der Waals surface area (Å²) in [7, 11) is 0. The number of fused-ring (bicyclic) bond motifs is 7. The Morgan fingerprint density at radius 3 is 2.72 bits per heavy atom. The molecule has 2 N–H and O–H groups in total. The molecule has 5 atom stereocenters. The van der Waals surface area contributed by atoms with Gasteiger partial charge in [0.1, 0.15) is 23.7 Å². The predicted octanol–water partition coefficient (Wildman–Crippen LogP) is 0.840. The van der Waals surface area contributed by atoms with Crippen molar-refractivity contribution in [1.82, 2.24) is 0 Å². The molecule has 6 nitrogen and oxygen atoms in total. The van der Waals surface area contributed by atoms with Gasteiger partial charge in [0.25, 0.3) is 5.91 Å². The van der Waals surface area contributed by atoms with Crippen LogP contribution in [0.15, 0.2) is 48.5 Å². The molecule has 2 aromatic carbocycles. The lowest BCUT2D eigenvalue weighted by molar-refractivity contribution is -0.948. The Labute approximate surface area is 166 Å². The number of amides is 3. The number of halogens is 1. The maximum Gasteiger partial charge on any atom is 0.291 e. The third kappa shape index (κ3) is 1.86. The number of carbonyl (C=O) groups excluding carboxylic acids is 3. The summed E-state index contributed by atoms with van der Waals surface area (Å²) in [6.07, 6.45) is 1.70. The molecule has 0 aromatic heterocycles. The third-order valence-corrected chi connectivity index (χ3v) is 7.19. The smallest absolute Gasteiger partial charge is 0.291 e. The second kappa shape index (κ2) is 5.51. The minimum Gasteiger partial charge on any atom is -0.320 e. The molecule has 0 radical (unpaired) electrons. The molecule has 3 saturated heterocycles. The lowest BCUT2D eigenvalue weighted by Crippen LogP contribution is -3.19. The molecule has 3 amide bonds. The summed E-state index contributed by atoms with van der Waals surface area (Å²) in [6, 6.07) is 12.9. The van der Waals surface area contributed by atoms with Crippen LogP contribution in [-0.2, 0) is 19.9 Å². The predicted molar refractivity (Wildman–Crippen MR) is 101 cm³/mol. The molecule has 146 valence electrons. The van der Waals surface area contributed by atoms with E-state index in [1.807, 2.05) is 24.3 Å². The van der Waals surface area contributed by atoms with Crippen molar-refractivity contribution in [2.75, 3.05) is 16.8 Å². The van der Waals surface area contributed by atoms with Crippen LogP contribution in [-0.4, -0.2) is 30.3 Å². The minimum atomic E-state index is -1.10. The van der Waals surface area contributed by atoms with Crippen molar-refractivity contribution >= 4 is 29.1 Å². The van der Waals surface area contributed by atoms with Crippen LogP contribution in [0.3, 0.4) is 0 Å². The van der Waals surface area contributed by atoms with Crippen LogP contribution in [0.1, 0.15) is 18.4 Å². The van der Waals surface area contributed by atoms with Crippen LogP contribution in [0.5, 0.6) is 0 Å². The zero-order valence-electron chi connectivity index (χ0n) is 15.5. The molecule has 7 heteroatoms. The molecule has 0 aliphatic carbocycles. The molecule has 2 aromatic rings. The van der Waals surface area contributed by atoms with Gasteiger partial charge in [0.05, 0.1) is 17.9 Å². The van der Waals surface area contributed by atoms with E-state index >= 15 is 0 Å². The summed E-state index contributed by atoms with van der Waals surface area (Å²) < 4.78 is 13.8. The van der Waals surface area contributed by atoms with Gasteiger partial charge in [-0.3, -0.25) is 14.4 Å². The highest BCUT2D eigenvalue weighted by Gasteiger charge is 2.78. The summed E-state index contributed by atoms with van der Waals surface area (Å²) in [5.74, 6) is -2.78. The molecule has 4 aliphatic heterocycles. The highest BCUT2D eigenvalue weighted by molar-refractivity contribution is 6.25. The normalized spacial score (nSPS) is 34.5. The van der Waals surface area contributed by atoms with Gasteiger partial charge in [0.15, 0.2) is 0 Å². The maximum absolute atomic E-state index is 13.8. The first-order valence-electron chi connectivity index (χ1n) is 9.95. The van der Waals surface area contributed by atoms with E-state index in [4.69, 9.17) is 0 Å². The van der Waals surface area contributed by atoms with Crippen LogP contribution in [0.4, 0.5) is 15.8 Å². The van der Waals surface area contributed by atoms with Crippen molar-refractivity contribution in [1.29, 1.82) is 0 Å². The van der Waals surface area contributed by atoms with E-state index in [1.165, 1.54) is 18.2 Å². The quantitative estimate of drug-likeness (QED) is 0.707. The number of anilines is 2. The summed E-state index contributed by atoms with van der Waals surface area (Å²) in [4.78, 5) is 42.6. The average Bonchev–Trinajstić information content (AvgIpc) is 3.40. The fourth-order valence-electron chi connectivity index (χ4n) is 6.29. The molecule has 0 saturated carbocycles. The molecule has 1 unspecified atom stereocenters. The van der Waals surface area contributed by atoms with Crippen molar-refractivity contribution < 1.29 is 23.7 Å². The van der Waals surface area contributed by atoms with Crippen molar-refractivity contribution in [3.63, 3.8) is 0 Å². The van der Waals surface area contributed by atoms with E-state index < -0.39 is 29.1 Å². The number of imide groups is 1. The molecular formula is C22H19FN3O3+. The van der Waals surface area contributed by atoms with E-state index in [-0.39, 0.29) is 23.5 Å². The lowest BCUT2D eigenvalue weighted by atomic mass is 9.75. The van der Waals surface area contributed by atoms with E-state index in [0.717, 1.165) is 34.7 Å². The molecule has 0 bridgehead atoms. The summed E-state index contributed by atoms with van der Waals surface area (Å²) in [6.45, 7) is 0.750. The van der Waals surface area contributed by atoms with Gasteiger partial charge in [-0.05, 0) is 24.3 Å². The zero-order chi connectivity index (χ0) is 19.9. The van der Waals surface area contributed by atoms with Crippen LogP contribution in [0, 0.1) is 17.7 Å². The molecule has 1 spiro atoms. The molecule has 4 heterocycles. The molecule has 29 heavy (non-hydrogen) atoms. The topological polar surface area (TPSA) is 70.9 Å². The zero-order valence-corrected chi connectivity index (χ0v) is 15.5. The van der Waals surface area contributed by atoms with Gasteiger partial charge in [-0.15, -0.1) is 0 Å². The minimum absolute atomic E-state index is 0.0908. The summed E-state index contributed by atoms with van der Waals surface area (Å²) in [5.41, 5.74) is 0.634. The third-order valence-electron chi connectivity index (χ3n) is 7.19. The van der Waals surface area contributed by atoms with E-state index in [2.05, 4.69) is 5.32 Å². The molecular weight excluding hydrogens is 373 g/mol. The Kier molecular flexibility index (Phi) is 3.20. The van der Waals surface area contributed by atoms with E-state index in [1.54, 1.807) is 6.07 Å².